The van der Waals surface area contributed by atoms with Crippen LogP contribution in [0.5, 0.6) is 5.75 Å². The number of ketones is 1. The van der Waals surface area contributed by atoms with E-state index in [0.717, 1.165) is 11.1 Å². The fraction of sp³-hybridized carbons (Fsp3) is 0.500. The minimum absolute atomic E-state index is 0.0622. The Morgan fingerprint density at radius 3 is 2.00 bits per heavy atom. The Kier molecular flexibility index (Phi) is 13.5. The predicted molar refractivity (Wildman–Crippen MR) is 160 cm³/mol. The minimum Gasteiger partial charge on any atom is -0.497 e. The van der Waals surface area contributed by atoms with Crippen LogP contribution in [-0.4, -0.2) is 86.0 Å². The molecule has 0 aromatic heterocycles. The number of amides is 2. The smallest absolute Gasteiger partial charge is 0.410 e. The lowest BCUT2D eigenvalue weighted by Crippen LogP contribution is -2.56. The van der Waals surface area contributed by atoms with Crippen molar-refractivity contribution in [3.05, 3.63) is 65.7 Å². The van der Waals surface area contributed by atoms with E-state index in [9.17, 15) is 19.2 Å². The molecule has 0 bridgehead atoms. The molecule has 0 saturated heterocycles. The van der Waals surface area contributed by atoms with Gasteiger partial charge in [-0.2, -0.15) is 0 Å². The van der Waals surface area contributed by atoms with Crippen molar-refractivity contribution in [1.82, 2.24) is 15.1 Å². The van der Waals surface area contributed by atoms with Crippen molar-refractivity contribution in [1.29, 1.82) is 0 Å². The molecule has 0 radical (unpaired) electrons. The number of hydrogen-bond donors (Lipinski definition) is 1. The van der Waals surface area contributed by atoms with Crippen LogP contribution in [0.2, 0.25) is 0 Å². The molecule has 2 rings (SSSR count). The molecule has 230 valence electrons. The average Bonchev–Trinajstić information content (AvgIpc) is 2.95. The van der Waals surface area contributed by atoms with E-state index in [4.69, 9.17) is 14.2 Å². The maximum atomic E-state index is 13.5. The topological polar surface area (TPSA) is 114 Å². The van der Waals surface area contributed by atoms with Gasteiger partial charge in [-0.3, -0.25) is 24.2 Å². The number of hydrogen-bond acceptors (Lipinski definition) is 8. The zero-order valence-electron chi connectivity index (χ0n) is 26.0. The number of esters is 1. The zero-order valence-corrected chi connectivity index (χ0v) is 26.0. The molecule has 0 saturated carbocycles. The number of rotatable bonds is 15. The molecule has 0 spiro atoms. The number of nitrogens with one attached hydrogen (secondary N) is 1. The number of Topliss-reactive ketones (excluding diaryl/α,β-unsaturated/α-hetero) is 1. The highest BCUT2D eigenvalue weighted by Gasteiger charge is 2.35. The van der Waals surface area contributed by atoms with Gasteiger partial charge in [-0.05, 0) is 70.0 Å². The van der Waals surface area contributed by atoms with E-state index >= 15 is 0 Å². The summed E-state index contributed by atoms with van der Waals surface area (Å²) in [6.45, 7) is 6.82. The molecule has 1 N–H and O–H groups in total. The van der Waals surface area contributed by atoms with Crippen LogP contribution in [0.15, 0.2) is 54.6 Å². The lowest BCUT2D eigenvalue weighted by atomic mass is 10.0. The summed E-state index contributed by atoms with van der Waals surface area (Å²) >= 11 is 0. The van der Waals surface area contributed by atoms with Gasteiger partial charge in [0.15, 0.2) is 5.78 Å². The molecule has 42 heavy (non-hydrogen) atoms. The van der Waals surface area contributed by atoms with Crippen LogP contribution in [0, 0.1) is 5.92 Å². The number of likely N-dealkylation sites (N-methyl/N-ethyl adjacent to an activating group) is 2. The van der Waals surface area contributed by atoms with E-state index in [-0.39, 0.29) is 18.3 Å². The van der Waals surface area contributed by atoms with Gasteiger partial charge in [0.1, 0.15) is 36.6 Å². The Bertz CT molecular complexity index is 1170. The Balaban J connectivity index is 2.11. The Labute approximate surface area is 249 Å². The predicted octanol–water partition coefficient (Wildman–Crippen LogP) is 3.86. The summed E-state index contributed by atoms with van der Waals surface area (Å²) in [5.74, 6) is -0.660. The third kappa shape index (κ3) is 10.5. The fourth-order valence-corrected chi connectivity index (χ4v) is 4.43. The van der Waals surface area contributed by atoms with E-state index < -0.39 is 42.2 Å². The van der Waals surface area contributed by atoms with Gasteiger partial charge in [-0.1, -0.05) is 56.3 Å². The van der Waals surface area contributed by atoms with Crippen molar-refractivity contribution in [2.24, 2.45) is 5.92 Å². The van der Waals surface area contributed by atoms with Gasteiger partial charge in [0.05, 0.1) is 7.11 Å². The SMILES string of the molecule is COc1ccc(C[C@@H](C(=O)O[C@H](C)C(NC(=O)[C@@H](CC(C)C)N(C)C(=O)OCc2ccccc2)C(C)=O)N(C)C)cc1. The first kappa shape index (κ1) is 34.3. The van der Waals surface area contributed by atoms with Crippen molar-refractivity contribution in [2.75, 3.05) is 28.3 Å². The second-order valence-corrected chi connectivity index (χ2v) is 11.1. The molecule has 1 unspecified atom stereocenters. The van der Waals surface area contributed by atoms with Crippen molar-refractivity contribution >= 4 is 23.8 Å². The second kappa shape index (κ2) is 16.5. The van der Waals surface area contributed by atoms with Crippen LogP contribution in [0.3, 0.4) is 0 Å². The lowest BCUT2D eigenvalue weighted by Gasteiger charge is -2.31. The van der Waals surface area contributed by atoms with Crippen LogP contribution in [0.1, 0.15) is 45.2 Å². The maximum absolute atomic E-state index is 13.5. The fourth-order valence-electron chi connectivity index (χ4n) is 4.43. The van der Waals surface area contributed by atoms with Crippen molar-refractivity contribution in [3.63, 3.8) is 0 Å². The summed E-state index contributed by atoms with van der Waals surface area (Å²) in [7, 11) is 6.62. The monoisotopic (exact) mass is 583 g/mol. The highest BCUT2D eigenvalue weighted by atomic mass is 16.6. The molecule has 2 aromatic carbocycles. The van der Waals surface area contributed by atoms with Gasteiger partial charge < -0.3 is 19.5 Å². The van der Waals surface area contributed by atoms with Gasteiger partial charge in [0.25, 0.3) is 0 Å². The Morgan fingerprint density at radius 1 is 0.857 bits per heavy atom. The molecule has 0 heterocycles. The summed E-state index contributed by atoms with van der Waals surface area (Å²) in [6.07, 6.45) is -0.892. The third-order valence-corrected chi connectivity index (χ3v) is 6.95. The van der Waals surface area contributed by atoms with Crippen LogP contribution >= 0.6 is 0 Å². The highest BCUT2D eigenvalue weighted by Crippen LogP contribution is 2.17. The van der Waals surface area contributed by atoms with E-state index in [2.05, 4.69) is 5.32 Å². The molecule has 0 aliphatic heterocycles. The number of carbonyl (C=O) groups excluding carboxylic acids is 4. The van der Waals surface area contributed by atoms with E-state index in [1.54, 1.807) is 33.0 Å². The van der Waals surface area contributed by atoms with Crippen LogP contribution in [0.4, 0.5) is 4.79 Å². The first-order chi connectivity index (χ1) is 19.8. The van der Waals surface area contributed by atoms with Crippen LogP contribution in [-0.2, 0) is 36.9 Å². The molecule has 0 aliphatic rings. The van der Waals surface area contributed by atoms with Crippen LogP contribution < -0.4 is 10.1 Å². The largest absolute Gasteiger partial charge is 0.497 e. The summed E-state index contributed by atoms with van der Waals surface area (Å²) < 4.78 is 16.4. The molecule has 0 fully saturated rings. The first-order valence-corrected chi connectivity index (χ1v) is 14.1. The summed E-state index contributed by atoms with van der Waals surface area (Å²) in [5, 5.41) is 2.72. The Morgan fingerprint density at radius 2 is 1.48 bits per heavy atom. The number of ether oxygens (including phenoxy) is 3. The van der Waals surface area contributed by atoms with E-state index in [1.807, 2.05) is 68.4 Å². The van der Waals surface area contributed by atoms with Crippen molar-refractivity contribution in [3.8, 4) is 5.75 Å². The standard InChI is InChI=1S/C32H45N3O7/c1-21(2)18-27(35(7)32(39)41-20-25-12-10-9-11-13-25)30(37)33-29(22(3)36)23(4)42-31(38)28(34(5)6)19-24-14-16-26(40-8)17-15-24/h9-17,21,23,27-29H,18-20H2,1-8H3,(H,33,37)/t23-,27-,28+,29?/m1/s1. The van der Waals surface area contributed by atoms with Crippen molar-refractivity contribution < 1.29 is 33.4 Å². The molecule has 2 amide bonds. The number of benzene rings is 2. The zero-order chi connectivity index (χ0) is 31.4. The van der Waals surface area contributed by atoms with Gasteiger partial charge in [0.2, 0.25) is 5.91 Å². The van der Waals surface area contributed by atoms with Gasteiger partial charge in [-0.15, -0.1) is 0 Å². The van der Waals surface area contributed by atoms with Crippen LogP contribution in [0.25, 0.3) is 0 Å². The first-order valence-electron chi connectivity index (χ1n) is 14.1. The lowest BCUT2D eigenvalue weighted by molar-refractivity contribution is -0.157. The van der Waals surface area contributed by atoms with E-state index in [1.165, 1.54) is 18.9 Å². The minimum atomic E-state index is -1.10. The molecular weight excluding hydrogens is 538 g/mol. The molecule has 2 aromatic rings. The number of methoxy groups -OCH3 is 1. The molecule has 0 aliphatic carbocycles. The summed E-state index contributed by atoms with van der Waals surface area (Å²) in [5.41, 5.74) is 1.73. The summed E-state index contributed by atoms with van der Waals surface area (Å²) in [6, 6.07) is 14.0. The Hall–Kier alpha value is -3.92. The highest BCUT2D eigenvalue weighted by molar-refractivity contribution is 5.91. The molecule has 10 heteroatoms. The summed E-state index contributed by atoms with van der Waals surface area (Å²) in [4.78, 5) is 55.1. The normalized spacial score (nSPS) is 14.0. The van der Waals surface area contributed by atoms with Crippen molar-refractivity contribution in [2.45, 2.75) is 71.4 Å². The molecule has 4 atom stereocenters. The molecule has 10 nitrogen and oxygen atoms in total. The van der Waals surface area contributed by atoms with Gasteiger partial charge in [0, 0.05) is 7.05 Å². The number of carbonyl (C=O) groups is 4. The second-order valence-electron chi connectivity index (χ2n) is 11.1. The third-order valence-electron chi connectivity index (χ3n) is 6.95. The number of nitrogens with zero attached hydrogens (tertiary/aromatic N) is 2. The van der Waals surface area contributed by atoms with E-state index in [0.29, 0.717) is 18.6 Å². The van der Waals surface area contributed by atoms with Gasteiger partial charge >= 0.3 is 12.1 Å². The maximum Gasteiger partial charge on any atom is 0.410 e. The van der Waals surface area contributed by atoms with Gasteiger partial charge in [-0.25, -0.2) is 4.79 Å². The quantitative estimate of drug-likeness (QED) is 0.315. The average molecular weight is 584 g/mol. The molecular formula is C32H45N3O7.